The zero-order valence-corrected chi connectivity index (χ0v) is 15.1. The predicted molar refractivity (Wildman–Crippen MR) is 106 cm³/mol. The molecule has 0 radical (unpaired) electrons. The fraction of sp³-hybridized carbons (Fsp3) is 0.316. The van der Waals surface area contributed by atoms with E-state index in [0.717, 1.165) is 16.0 Å². The number of nitrogens with one attached hydrogen (secondary N) is 1. The van der Waals surface area contributed by atoms with Crippen LogP contribution < -0.4 is 11.3 Å². The van der Waals surface area contributed by atoms with Gasteiger partial charge in [-0.05, 0) is 30.5 Å². The summed E-state index contributed by atoms with van der Waals surface area (Å²) >= 11 is 1.40. The van der Waals surface area contributed by atoms with Crippen molar-refractivity contribution < 1.29 is 0 Å². The quantitative estimate of drug-likeness (QED) is 0.560. The molecule has 3 aromatic heterocycles. The van der Waals surface area contributed by atoms with Crippen LogP contribution in [0.2, 0.25) is 0 Å². The van der Waals surface area contributed by atoms with Crippen molar-refractivity contribution in [3.8, 4) is 10.4 Å². The highest BCUT2D eigenvalue weighted by Crippen LogP contribution is 2.39. The number of anilines is 1. The van der Waals surface area contributed by atoms with Gasteiger partial charge in [0.05, 0.1) is 34.1 Å². The van der Waals surface area contributed by atoms with E-state index in [2.05, 4.69) is 37.7 Å². The van der Waals surface area contributed by atoms with Crippen LogP contribution >= 0.6 is 11.3 Å². The van der Waals surface area contributed by atoms with Crippen molar-refractivity contribution >= 4 is 38.3 Å². The number of benzene rings is 1. The Bertz CT molecular complexity index is 1170. The highest BCUT2D eigenvalue weighted by atomic mass is 32.1. The van der Waals surface area contributed by atoms with Crippen LogP contribution in [0.25, 0.3) is 32.4 Å². The van der Waals surface area contributed by atoms with Crippen molar-refractivity contribution in [2.45, 2.75) is 38.1 Å². The average molecular weight is 365 g/mol. The number of H-pyrrole nitrogens is 1. The van der Waals surface area contributed by atoms with E-state index in [1.807, 2.05) is 6.33 Å². The summed E-state index contributed by atoms with van der Waals surface area (Å²) in [7, 11) is 0. The molecular formula is C19H19N5OS. The molecule has 1 fully saturated rings. The Hall–Kier alpha value is -2.67. The van der Waals surface area contributed by atoms with E-state index >= 15 is 0 Å². The molecule has 3 heterocycles. The largest absolute Gasteiger partial charge is 0.390 e. The van der Waals surface area contributed by atoms with Crippen LogP contribution in [0.5, 0.6) is 0 Å². The zero-order valence-electron chi connectivity index (χ0n) is 14.2. The molecule has 4 aromatic rings. The molecule has 0 saturated heterocycles. The van der Waals surface area contributed by atoms with Crippen LogP contribution in [0.3, 0.4) is 0 Å². The molecule has 1 aromatic carbocycles. The van der Waals surface area contributed by atoms with Crippen molar-refractivity contribution in [3.63, 3.8) is 0 Å². The number of hydrogen-bond acceptors (Lipinski definition) is 5. The first-order valence-electron chi connectivity index (χ1n) is 8.95. The van der Waals surface area contributed by atoms with Gasteiger partial charge >= 0.3 is 0 Å². The van der Waals surface area contributed by atoms with Gasteiger partial charge in [0.15, 0.2) is 0 Å². The molecule has 132 valence electrons. The maximum atomic E-state index is 12.1. The number of aromatic amines is 1. The van der Waals surface area contributed by atoms with Crippen molar-refractivity contribution in [1.82, 2.24) is 19.5 Å². The summed E-state index contributed by atoms with van der Waals surface area (Å²) in [6.07, 6.45) is 9.78. The van der Waals surface area contributed by atoms with Gasteiger partial charge in [0.25, 0.3) is 5.56 Å². The molecule has 0 aliphatic heterocycles. The van der Waals surface area contributed by atoms with Gasteiger partial charge in [0, 0.05) is 6.04 Å². The van der Waals surface area contributed by atoms with E-state index < -0.39 is 0 Å². The summed E-state index contributed by atoms with van der Waals surface area (Å²) in [6.45, 7) is 0. The highest BCUT2D eigenvalue weighted by molar-refractivity contribution is 7.21. The highest BCUT2D eigenvalue weighted by Gasteiger charge is 2.19. The Kier molecular flexibility index (Phi) is 3.56. The van der Waals surface area contributed by atoms with Crippen LogP contribution in [0.4, 0.5) is 5.00 Å². The molecule has 0 bridgehead atoms. The van der Waals surface area contributed by atoms with Crippen molar-refractivity contribution in [1.29, 1.82) is 0 Å². The van der Waals surface area contributed by atoms with Gasteiger partial charge in [-0.3, -0.25) is 4.79 Å². The summed E-state index contributed by atoms with van der Waals surface area (Å²) in [5.74, 6) is 0. The molecule has 0 amide bonds. The Morgan fingerprint density at radius 1 is 1.19 bits per heavy atom. The Morgan fingerprint density at radius 3 is 2.88 bits per heavy atom. The van der Waals surface area contributed by atoms with E-state index in [-0.39, 0.29) is 5.56 Å². The first kappa shape index (κ1) is 15.6. The monoisotopic (exact) mass is 365 g/mol. The Morgan fingerprint density at radius 2 is 2.04 bits per heavy atom. The number of nitrogen functional groups attached to an aromatic ring is 1. The van der Waals surface area contributed by atoms with Crippen LogP contribution in [0.15, 0.2) is 35.6 Å². The lowest BCUT2D eigenvalue weighted by Crippen LogP contribution is -2.11. The Balaban J connectivity index is 1.63. The molecule has 5 rings (SSSR count). The second-order valence-electron chi connectivity index (χ2n) is 6.90. The molecule has 0 spiro atoms. The second kappa shape index (κ2) is 5.95. The van der Waals surface area contributed by atoms with Crippen molar-refractivity contribution in [3.05, 3.63) is 41.2 Å². The number of nitrogens with two attached hydrogens (primary N) is 1. The number of nitrogens with zero attached hydrogens (tertiary/aromatic N) is 3. The topological polar surface area (TPSA) is 89.6 Å². The van der Waals surface area contributed by atoms with Crippen LogP contribution in [0, 0.1) is 0 Å². The fourth-order valence-electron chi connectivity index (χ4n) is 4.03. The van der Waals surface area contributed by atoms with Gasteiger partial charge < -0.3 is 15.3 Å². The van der Waals surface area contributed by atoms with E-state index in [1.54, 1.807) is 0 Å². The molecule has 1 aliphatic rings. The lowest BCUT2D eigenvalue weighted by Gasteiger charge is -2.23. The maximum Gasteiger partial charge on any atom is 0.261 e. The van der Waals surface area contributed by atoms with Gasteiger partial charge in [0.1, 0.15) is 10.4 Å². The minimum atomic E-state index is -0.197. The van der Waals surface area contributed by atoms with Gasteiger partial charge in [-0.25, -0.2) is 9.97 Å². The second-order valence-corrected chi connectivity index (χ2v) is 7.95. The Labute approximate surface area is 153 Å². The summed E-state index contributed by atoms with van der Waals surface area (Å²) in [4.78, 5) is 24.5. The van der Waals surface area contributed by atoms with Gasteiger partial charge in [-0.15, -0.1) is 11.3 Å². The molecule has 0 atom stereocenters. The third-order valence-corrected chi connectivity index (χ3v) is 6.39. The van der Waals surface area contributed by atoms with Crippen LogP contribution in [0.1, 0.15) is 38.1 Å². The summed E-state index contributed by atoms with van der Waals surface area (Å²) in [5, 5.41) is 0.970. The molecule has 26 heavy (non-hydrogen) atoms. The van der Waals surface area contributed by atoms with Crippen LogP contribution in [-0.2, 0) is 0 Å². The summed E-state index contributed by atoms with van der Waals surface area (Å²) < 4.78 is 2.32. The van der Waals surface area contributed by atoms with Gasteiger partial charge in [-0.1, -0.05) is 25.3 Å². The zero-order chi connectivity index (χ0) is 17.7. The normalized spacial score (nSPS) is 15.8. The smallest absolute Gasteiger partial charge is 0.261 e. The van der Waals surface area contributed by atoms with Gasteiger partial charge in [0.2, 0.25) is 0 Å². The molecule has 3 N–H and O–H groups in total. The molecule has 1 aliphatic carbocycles. The number of aromatic nitrogens is 4. The summed E-state index contributed by atoms with van der Waals surface area (Å²) in [6, 6.07) is 6.83. The van der Waals surface area contributed by atoms with Gasteiger partial charge in [-0.2, -0.15) is 0 Å². The predicted octanol–water partition coefficient (Wildman–Crippen LogP) is 4.09. The van der Waals surface area contributed by atoms with E-state index in [1.165, 1.54) is 55.3 Å². The van der Waals surface area contributed by atoms with E-state index in [9.17, 15) is 4.79 Å². The van der Waals surface area contributed by atoms with Crippen molar-refractivity contribution in [2.75, 3.05) is 5.73 Å². The molecular weight excluding hydrogens is 346 g/mol. The standard InChI is InChI=1S/C19H19N5OS/c20-18-15-16(21-9-22-19(15)25)17(26-18)11-6-7-14-13(8-11)23-10-24(14)12-4-2-1-3-5-12/h6-10,12H,1-5,20H2,(H,21,22,25). The van der Waals surface area contributed by atoms with Crippen molar-refractivity contribution in [2.24, 2.45) is 0 Å². The molecule has 0 unspecified atom stereocenters. The first-order valence-corrected chi connectivity index (χ1v) is 9.76. The van der Waals surface area contributed by atoms with E-state index in [0.29, 0.717) is 21.9 Å². The maximum absolute atomic E-state index is 12.1. The molecule has 6 nitrogen and oxygen atoms in total. The van der Waals surface area contributed by atoms with E-state index in [4.69, 9.17) is 5.73 Å². The third kappa shape index (κ3) is 2.34. The lowest BCUT2D eigenvalue weighted by atomic mass is 9.95. The number of hydrogen-bond donors (Lipinski definition) is 2. The summed E-state index contributed by atoms with van der Waals surface area (Å²) in [5.41, 5.74) is 9.66. The minimum absolute atomic E-state index is 0.197. The number of imidazole rings is 1. The average Bonchev–Trinajstić information content (AvgIpc) is 3.24. The SMILES string of the molecule is Nc1sc(-c2ccc3c(c2)ncn3C2CCCCC2)c2nc[nH]c(=O)c12. The minimum Gasteiger partial charge on any atom is -0.390 e. The number of fused-ring (bicyclic) bond motifs is 2. The lowest BCUT2D eigenvalue weighted by molar-refractivity contribution is 0.359. The first-order chi connectivity index (χ1) is 12.7. The molecule has 1 saturated carbocycles. The molecule has 7 heteroatoms. The van der Waals surface area contributed by atoms with Crippen LogP contribution in [-0.4, -0.2) is 19.5 Å². The number of rotatable bonds is 2. The fourth-order valence-corrected chi connectivity index (χ4v) is 5.04. The number of thiophene rings is 1. The third-order valence-electron chi connectivity index (χ3n) is 5.33.